The number of nitrogens with one attached hydrogen (secondary N) is 1. The number of nitrogens with zero attached hydrogens (tertiary/aromatic N) is 1. The molecule has 1 saturated heterocycles. The Morgan fingerprint density at radius 1 is 1.35 bits per heavy atom. The van der Waals surface area contributed by atoms with E-state index in [2.05, 4.69) is 11.2 Å². The van der Waals surface area contributed by atoms with Crippen molar-refractivity contribution in [2.24, 2.45) is 0 Å². The first kappa shape index (κ1) is 11.2. The van der Waals surface area contributed by atoms with Crippen molar-refractivity contribution < 1.29 is 9.59 Å². The molecule has 1 aromatic rings. The summed E-state index contributed by atoms with van der Waals surface area (Å²) in [4.78, 5) is 24.7. The van der Waals surface area contributed by atoms with Gasteiger partial charge in [-0.1, -0.05) is 17.7 Å². The minimum atomic E-state index is -0.603. The van der Waals surface area contributed by atoms with E-state index in [0.29, 0.717) is 5.69 Å². The summed E-state index contributed by atoms with van der Waals surface area (Å²) in [6, 6.07) is 6.16. The summed E-state index contributed by atoms with van der Waals surface area (Å²) in [5, 5.41) is 2.56. The van der Waals surface area contributed by atoms with Gasteiger partial charge in [0.15, 0.2) is 0 Å². The number of amides is 3. The number of carbonyl (C=O) groups is 2. The molecule has 4 nitrogen and oxygen atoms in total. The molecule has 86 valence electrons. The van der Waals surface area contributed by atoms with E-state index in [1.807, 2.05) is 19.1 Å². The molecule has 1 heterocycles. The Morgan fingerprint density at radius 3 is 2.59 bits per heavy atom. The van der Waals surface area contributed by atoms with Crippen LogP contribution in [0.3, 0.4) is 0 Å². The van der Waals surface area contributed by atoms with Crippen molar-refractivity contribution in [2.75, 3.05) is 4.90 Å². The molecule has 1 atom stereocenters. The van der Waals surface area contributed by atoms with Crippen LogP contribution < -0.4 is 10.2 Å². The Morgan fingerprint density at radius 2 is 2.00 bits per heavy atom. The third-order valence-electron chi connectivity index (χ3n) is 2.63. The minimum absolute atomic E-state index is 0.215. The van der Waals surface area contributed by atoms with Crippen LogP contribution in [0.2, 0.25) is 0 Å². The van der Waals surface area contributed by atoms with Gasteiger partial charge < -0.3 is 5.32 Å². The van der Waals surface area contributed by atoms with Crippen LogP contribution in [0.25, 0.3) is 0 Å². The summed E-state index contributed by atoms with van der Waals surface area (Å²) >= 11 is 0. The fraction of sp³-hybridized carbons (Fsp3) is 0.231. The van der Waals surface area contributed by atoms with Crippen LogP contribution in [0.4, 0.5) is 10.5 Å². The molecule has 0 spiro atoms. The first-order valence-electron chi connectivity index (χ1n) is 5.28. The number of anilines is 1. The summed E-state index contributed by atoms with van der Waals surface area (Å²) in [7, 11) is 0. The second kappa shape index (κ2) is 4.30. The van der Waals surface area contributed by atoms with Gasteiger partial charge in [0, 0.05) is 6.42 Å². The Bertz CT molecular complexity index is 499. The Kier molecular flexibility index (Phi) is 2.84. The maximum absolute atomic E-state index is 11.9. The number of aryl methyl sites for hydroxylation is 1. The van der Waals surface area contributed by atoms with E-state index in [9.17, 15) is 9.59 Å². The largest absolute Gasteiger partial charge is 0.329 e. The zero-order valence-corrected chi connectivity index (χ0v) is 9.43. The summed E-state index contributed by atoms with van der Waals surface area (Å²) in [6.07, 6.45) is 5.36. The molecule has 1 N–H and O–H groups in total. The van der Waals surface area contributed by atoms with Crippen molar-refractivity contribution in [3.8, 4) is 12.3 Å². The highest BCUT2D eigenvalue weighted by atomic mass is 16.2. The number of benzene rings is 1. The molecule has 0 saturated carbocycles. The molecule has 1 fully saturated rings. The normalized spacial score (nSPS) is 19.1. The van der Waals surface area contributed by atoms with Gasteiger partial charge in [0.25, 0.3) is 5.91 Å². The predicted molar refractivity (Wildman–Crippen MR) is 64.4 cm³/mol. The van der Waals surface area contributed by atoms with E-state index in [0.717, 1.165) is 10.5 Å². The average molecular weight is 228 g/mol. The predicted octanol–water partition coefficient (Wildman–Crippen LogP) is 1.44. The van der Waals surface area contributed by atoms with E-state index in [1.54, 1.807) is 12.1 Å². The van der Waals surface area contributed by atoms with Crippen molar-refractivity contribution in [3.05, 3.63) is 29.8 Å². The summed E-state index contributed by atoms with van der Waals surface area (Å²) < 4.78 is 0. The molecule has 1 aliphatic rings. The average Bonchev–Trinajstić information content (AvgIpc) is 2.57. The van der Waals surface area contributed by atoms with E-state index < -0.39 is 12.1 Å². The van der Waals surface area contributed by atoms with Gasteiger partial charge in [0.05, 0.1) is 5.69 Å². The van der Waals surface area contributed by atoms with Crippen molar-refractivity contribution >= 4 is 17.6 Å². The molecule has 1 aromatic carbocycles. The maximum Gasteiger partial charge on any atom is 0.329 e. The number of imide groups is 1. The number of hydrogen-bond donors (Lipinski definition) is 1. The van der Waals surface area contributed by atoms with E-state index in [-0.39, 0.29) is 12.3 Å². The highest BCUT2D eigenvalue weighted by Gasteiger charge is 2.38. The fourth-order valence-corrected chi connectivity index (χ4v) is 1.73. The maximum atomic E-state index is 11.9. The highest BCUT2D eigenvalue weighted by Crippen LogP contribution is 2.20. The summed E-state index contributed by atoms with van der Waals surface area (Å²) in [6.45, 7) is 1.94. The van der Waals surface area contributed by atoms with Crippen molar-refractivity contribution in [1.82, 2.24) is 5.32 Å². The number of hydrogen-bond acceptors (Lipinski definition) is 2. The fourth-order valence-electron chi connectivity index (χ4n) is 1.73. The lowest BCUT2D eigenvalue weighted by molar-refractivity contribution is -0.118. The highest BCUT2D eigenvalue weighted by molar-refractivity contribution is 6.21. The zero-order chi connectivity index (χ0) is 12.4. The molecular formula is C13H12N2O2. The van der Waals surface area contributed by atoms with Gasteiger partial charge in [-0.25, -0.2) is 9.69 Å². The van der Waals surface area contributed by atoms with Crippen LogP contribution in [-0.4, -0.2) is 18.0 Å². The summed E-state index contributed by atoms with van der Waals surface area (Å²) in [5.41, 5.74) is 1.64. The molecule has 2 rings (SSSR count). The van der Waals surface area contributed by atoms with Crippen LogP contribution in [0.1, 0.15) is 12.0 Å². The molecule has 4 heteroatoms. The van der Waals surface area contributed by atoms with Gasteiger partial charge in [0.2, 0.25) is 0 Å². The van der Waals surface area contributed by atoms with Crippen LogP contribution in [0.5, 0.6) is 0 Å². The number of terminal acetylenes is 1. The number of rotatable bonds is 2. The molecule has 0 bridgehead atoms. The van der Waals surface area contributed by atoms with Gasteiger partial charge >= 0.3 is 6.03 Å². The first-order valence-corrected chi connectivity index (χ1v) is 5.28. The van der Waals surface area contributed by atoms with E-state index in [4.69, 9.17) is 6.42 Å². The van der Waals surface area contributed by atoms with Crippen LogP contribution in [0.15, 0.2) is 24.3 Å². The van der Waals surface area contributed by atoms with Gasteiger partial charge in [-0.15, -0.1) is 12.3 Å². The second-order valence-corrected chi connectivity index (χ2v) is 3.92. The van der Waals surface area contributed by atoms with Gasteiger partial charge in [-0.05, 0) is 19.1 Å². The number of urea groups is 1. The molecule has 3 amide bonds. The van der Waals surface area contributed by atoms with Crippen molar-refractivity contribution in [3.63, 3.8) is 0 Å². The standard InChI is InChI=1S/C13H12N2O2/c1-3-4-11-12(16)15(13(17)14-11)10-7-5-9(2)6-8-10/h1,5-8,11H,4H2,2H3,(H,14,17). The SMILES string of the molecule is C#CCC1NC(=O)N(c2ccc(C)cc2)C1=O. The van der Waals surface area contributed by atoms with Crippen LogP contribution in [0, 0.1) is 19.3 Å². The third-order valence-corrected chi connectivity index (χ3v) is 2.63. The Labute approximate surface area is 99.6 Å². The lowest BCUT2D eigenvalue weighted by Gasteiger charge is -2.12. The zero-order valence-electron chi connectivity index (χ0n) is 9.43. The lowest BCUT2D eigenvalue weighted by Crippen LogP contribution is -2.31. The van der Waals surface area contributed by atoms with Gasteiger partial charge in [0.1, 0.15) is 6.04 Å². The summed E-state index contributed by atoms with van der Waals surface area (Å²) in [5.74, 6) is 2.08. The molecule has 0 aliphatic carbocycles. The minimum Gasteiger partial charge on any atom is -0.324 e. The Hall–Kier alpha value is -2.28. The number of carbonyl (C=O) groups excluding carboxylic acids is 2. The van der Waals surface area contributed by atoms with Gasteiger partial charge in [-0.3, -0.25) is 4.79 Å². The molecular weight excluding hydrogens is 216 g/mol. The van der Waals surface area contributed by atoms with Crippen molar-refractivity contribution in [2.45, 2.75) is 19.4 Å². The molecule has 17 heavy (non-hydrogen) atoms. The second-order valence-electron chi connectivity index (χ2n) is 3.92. The van der Waals surface area contributed by atoms with E-state index >= 15 is 0 Å². The van der Waals surface area contributed by atoms with Gasteiger partial charge in [-0.2, -0.15) is 0 Å². The molecule has 1 aliphatic heterocycles. The molecule has 0 radical (unpaired) electrons. The topological polar surface area (TPSA) is 49.4 Å². The van der Waals surface area contributed by atoms with Crippen LogP contribution >= 0.6 is 0 Å². The van der Waals surface area contributed by atoms with Crippen LogP contribution in [-0.2, 0) is 4.79 Å². The molecule has 0 aromatic heterocycles. The third kappa shape index (κ3) is 2.00. The molecule has 1 unspecified atom stereocenters. The quantitative estimate of drug-likeness (QED) is 0.615. The smallest absolute Gasteiger partial charge is 0.324 e. The first-order chi connectivity index (χ1) is 8.13. The van der Waals surface area contributed by atoms with E-state index in [1.165, 1.54) is 0 Å². The van der Waals surface area contributed by atoms with Crippen molar-refractivity contribution in [1.29, 1.82) is 0 Å². The Balaban J connectivity index is 2.28. The lowest BCUT2D eigenvalue weighted by atomic mass is 10.2. The monoisotopic (exact) mass is 228 g/mol.